The number of nitrogens with one attached hydrogen (secondary N) is 1. The van der Waals surface area contributed by atoms with Crippen molar-refractivity contribution in [3.8, 4) is 0 Å². The van der Waals surface area contributed by atoms with E-state index in [0.29, 0.717) is 11.9 Å². The zero-order valence-electron chi connectivity index (χ0n) is 12.5. The quantitative estimate of drug-likeness (QED) is 0.837. The van der Waals surface area contributed by atoms with Gasteiger partial charge in [0.1, 0.15) is 0 Å². The highest BCUT2D eigenvalue weighted by atomic mass is 16.2. The predicted molar refractivity (Wildman–Crippen MR) is 78.2 cm³/mol. The van der Waals surface area contributed by atoms with E-state index in [1.54, 1.807) is 0 Å². The van der Waals surface area contributed by atoms with Crippen LogP contribution in [0, 0.1) is 0 Å². The fourth-order valence-corrected chi connectivity index (χ4v) is 3.47. The van der Waals surface area contributed by atoms with Gasteiger partial charge in [-0.05, 0) is 32.7 Å². The Bertz CT molecular complexity index is 287. The molecule has 2 unspecified atom stereocenters. The highest BCUT2D eigenvalue weighted by molar-refractivity contribution is 5.81. The second-order valence-corrected chi connectivity index (χ2v) is 5.93. The lowest BCUT2D eigenvalue weighted by atomic mass is 9.96. The van der Waals surface area contributed by atoms with Gasteiger partial charge in [-0.3, -0.25) is 9.69 Å². The molecule has 4 nitrogen and oxygen atoms in total. The lowest BCUT2D eigenvalue weighted by Gasteiger charge is -2.41. The molecule has 0 saturated carbocycles. The smallest absolute Gasteiger partial charge is 0.239 e. The van der Waals surface area contributed by atoms with E-state index in [1.807, 2.05) is 4.90 Å². The zero-order valence-corrected chi connectivity index (χ0v) is 12.5. The molecule has 4 heteroatoms. The summed E-state index contributed by atoms with van der Waals surface area (Å²) in [6, 6.07) is 0.690. The number of hydrogen-bond donors (Lipinski definition) is 1. The van der Waals surface area contributed by atoms with Crippen molar-refractivity contribution in [1.29, 1.82) is 0 Å². The van der Waals surface area contributed by atoms with E-state index in [0.717, 1.165) is 32.7 Å². The Labute approximate surface area is 117 Å². The van der Waals surface area contributed by atoms with Crippen LogP contribution in [0.25, 0.3) is 0 Å². The Kier molecular flexibility index (Phi) is 5.64. The summed E-state index contributed by atoms with van der Waals surface area (Å²) in [6.45, 7) is 9.08. The fourth-order valence-electron chi connectivity index (χ4n) is 3.47. The highest BCUT2D eigenvalue weighted by Gasteiger charge is 2.32. The van der Waals surface area contributed by atoms with Gasteiger partial charge >= 0.3 is 0 Å². The molecule has 110 valence electrons. The Balaban J connectivity index is 1.95. The summed E-state index contributed by atoms with van der Waals surface area (Å²) in [5.41, 5.74) is 0. The predicted octanol–water partition coefficient (Wildman–Crippen LogP) is 1.46. The molecule has 0 bridgehead atoms. The number of likely N-dealkylation sites (tertiary alicyclic amines) is 1. The minimum absolute atomic E-state index is 0.0648. The molecule has 2 rings (SSSR count). The third-order valence-corrected chi connectivity index (χ3v) is 4.58. The first kappa shape index (κ1) is 14.8. The van der Waals surface area contributed by atoms with E-state index in [-0.39, 0.29) is 6.04 Å². The second kappa shape index (κ2) is 7.25. The number of carbonyl (C=O) groups is 1. The topological polar surface area (TPSA) is 35.6 Å². The summed E-state index contributed by atoms with van der Waals surface area (Å²) in [6.07, 6.45) is 6.30. The molecule has 0 aromatic heterocycles. The number of rotatable bonds is 4. The summed E-state index contributed by atoms with van der Waals surface area (Å²) < 4.78 is 0. The van der Waals surface area contributed by atoms with Gasteiger partial charge in [0.15, 0.2) is 0 Å². The molecule has 0 spiro atoms. The SMILES string of the molecule is CCCC1CCCCN1C(C)C(=O)N1CCNCC1. The average molecular weight is 267 g/mol. The van der Waals surface area contributed by atoms with E-state index >= 15 is 0 Å². The molecule has 0 aliphatic carbocycles. The molecule has 0 aromatic rings. The van der Waals surface area contributed by atoms with Crippen molar-refractivity contribution in [3.63, 3.8) is 0 Å². The van der Waals surface area contributed by atoms with Crippen molar-refractivity contribution in [2.45, 2.75) is 58.0 Å². The molecule has 19 heavy (non-hydrogen) atoms. The van der Waals surface area contributed by atoms with Crippen LogP contribution < -0.4 is 5.32 Å². The first-order chi connectivity index (χ1) is 9.24. The lowest BCUT2D eigenvalue weighted by Crippen LogP contribution is -2.56. The minimum Gasteiger partial charge on any atom is -0.339 e. The maximum absolute atomic E-state index is 12.6. The number of piperazine rings is 1. The van der Waals surface area contributed by atoms with Crippen LogP contribution in [0.15, 0.2) is 0 Å². The Morgan fingerprint density at radius 1 is 1.26 bits per heavy atom. The van der Waals surface area contributed by atoms with E-state index in [1.165, 1.54) is 32.1 Å². The van der Waals surface area contributed by atoms with Crippen LogP contribution in [0.1, 0.15) is 46.0 Å². The molecule has 1 N–H and O–H groups in total. The van der Waals surface area contributed by atoms with Gasteiger partial charge < -0.3 is 10.2 Å². The number of hydrogen-bond acceptors (Lipinski definition) is 3. The van der Waals surface area contributed by atoms with Crippen molar-refractivity contribution in [2.75, 3.05) is 32.7 Å². The van der Waals surface area contributed by atoms with Gasteiger partial charge in [0.2, 0.25) is 5.91 Å². The van der Waals surface area contributed by atoms with E-state index in [2.05, 4.69) is 24.1 Å². The molecule has 2 aliphatic heterocycles. The van der Waals surface area contributed by atoms with Crippen LogP contribution in [0.2, 0.25) is 0 Å². The standard InChI is InChI=1S/C15H29N3O/c1-3-6-14-7-4-5-10-18(14)13(2)15(19)17-11-8-16-9-12-17/h13-14,16H,3-12H2,1-2H3. The molecule has 2 aliphatic rings. The summed E-state index contributed by atoms with van der Waals surface area (Å²) in [5.74, 6) is 0.338. The number of amides is 1. The maximum atomic E-state index is 12.6. The van der Waals surface area contributed by atoms with E-state index in [4.69, 9.17) is 0 Å². The van der Waals surface area contributed by atoms with Gasteiger partial charge in [-0.15, -0.1) is 0 Å². The Morgan fingerprint density at radius 2 is 2.00 bits per heavy atom. The second-order valence-electron chi connectivity index (χ2n) is 5.93. The molecular weight excluding hydrogens is 238 g/mol. The fraction of sp³-hybridized carbons (Fsp3) is 0.933. The first-order valence-corrected chi connectivity index (χ1v) is 7.99. The van der Waals surface area contributed by atoms with Crippen molar-refractivity contribution in [1.82, 2.24) is 15.1 Å². The summed E-state index contributed by atoms with van der Waals surface area (Å²) >= 11 is 0. The molecular formula is C15H29N3O. The van der Waals surface area contributed by atoms with Crippen LogP contribution in [-0.4, -0.2) is 60.5 Å². The van der Waals surface area contributed by atoms with Gasteiger partial charge in [0.25, 0.3) is 0 Å². The van der Waals surface area contributed by atoms with Crippen LogP contribution in [0.3, 0.4) is 0 Å². The summed E-state index contributed by atoms with van der Waals surface area (Å²) in [7, 11) is 0. The van der Waals surface area contributed by atoms with Crippen LogP contribution in [-0.2, 0) is 4.79 Å². The molecule has 2 saturated heterocycles. The van der Waals surface area contributed by atoms with Gasteiger partial charge in [-0.1, -0.05) is 19.8 Å². The normalized spacial score (nSPS) is 27.3. The average Bonchev–Trinajstić information content (AvgIpc) is 2.47. The lowest BCUT2D eigenvalue weighted by molar-refractivity contribution is -0.138. The largest absolute Gasteiger partial charge is 0.339 e. The van der Waals surface area contributed by atoms with Crippen molar-refractivity contribution in [2.24, 2.45) is 0 Å². The Morgan fingerprint density at radius 3 is 2.68 bits per heavy atom. The van der Waals surface area contributed by atoms with Gasteiger partial charge in [-0.25, -0.2) is 0 Å². The Hall–Kier alpha value is -0.610. The number of carbonyl (C=O) groups excluding carboxylic acids is 1. The number of piperidine rings is 1. The van der Waals surface area contributed by atoms with Crippen LogP contribution >= 0.6 is 0 Å². The summed E-state index contributed by atoms with van der Waals surface area (Å²) in [5, 5.41) is 3.31. The first-order valence-electron chi connectivity index (χ1n) is 7.99. The van der Waals surface area contributed by atoms with Crippen molar-refractivity contribution < 1.29 is 4.79 Å². The third kappa shape index (κ3) is 3.69. The summed E-state index contributed by atoms with van der Waals surface area (Å²) in [4.78, 5) is 17.1. The van der Waals surface area contributed by atoms with Gasteiger partial charge in [0, 0.05) is 32.2 Å². The molecule has 2 fully saturated rings. The molecule has 2 heterocycles. The molecule has 0 radical (unpaired) electrons. The van der Waals surface area contributed by atoms with Gasteiger partial charge in [-0.2, -0.15) is 0 Å². The number of nitrogens with zero attached hydrogens (tertiary/aromatic N) is 2. The van der Waals surface area contributed by atoms with E-state index < -0.39 is 0 Å². The zero-order chi connectivity index (χ0) is 13.7. The minimum atomic E-state index is 0.0648. The van der Waals surface area contributed by atoms with Gasteiger partial charge in [0.05, 0.1) is 6.04 Å². The van der Waals surface area contributed by atoms with Crippen molar-refractivity contribution in [3.05, 3.63) is 0 Å². The van der Waals surface area contributed by atoms with E-state index in [9.17, 15) is 4.79 Å². The monoisotopic (exact) mass is 267 g/mol. The highest BCUT2D eigenvalue weighted by Crippen LogP contribution is 2.23. The van der Waals surface area contributed by atoms with Crippen molar-refractivity contribution >= 4 is 5.91 Å². The molecule has 0 aromatic carbocycles. The van der Waals surface area contributed by atoms with Crippen LogP contribution in [0.5, 0.6) is 0 Å². The third-order valence-electron chi connectivity index (χ3n) is 4.58. The maximum Gasteiger partial charge on any atom is 0.239 e. The molecule has 2 atom stereocenters. The molecule has 1 amide bonds. The van der Waals surface area contributed by atoms with Crippen LogP contribution in [0.4, 0.5) is 0 Å².